The Morgan fingerprint density at radius 2 is 1.95 bits per heavy atom. The van der Waals surface area contributed by atoms with Crippen molar-refractivity contribution < 1.29 is 24.1 Å². The van der Waals surface area contributed by atoms with E-state index in [9.17, 15) is 9.50 Å². The van der Waals surface area contributed by atoms with Gasteiger partial charge < -0.3 is 19.7 Å². The van der Waals surface area contributed by atoms with E-state index in [1.165, 1.54) is 18.2 Å². The van der Waals surface area contributed by atoms with E-state index >= 15 is 0 Å². The molecule has 0 bridgehead atoms. The van der Waals surface area contributed by atoms with Gasteiger partial charge in [0, 0.05) is 6.07 Å². The first-order valence-corrected chi connectivity index (χ1v) is 6.47. The molecule has 2 rings (SSSR count). The van der Waals surface area contributed by atoms with Crippen molar-refractivity contribution in [2.45, 2.75) is 12.7 Å². The van der Waals surface area contributed by atoms with Crippen molar-refractivity contribution in [3.63, 3.8) is 0 Å². The minimum atomic E-state index is -0.860. The number of aliphatic hydroxyl groups excluding tert-OH is 2. The van der Waals surface area contributed by atoms with E-state index in [0.717, 1.165) is 0 Å². The molecule has 21 heavy (non-hydrogen) atoms. The van der Waals surface area contributed by atoms with Crippen molar-refractivity contribution in [3.8, 4) is 11.5 Å². The Labute approximate surface area is 122 Å². The molecule has 0 amide bonds. The topological polar surface area (TPSA) is 58.9 Å². The van der Waals surface area contributed by atoms with Crippen molar-refractivity contribution in [1.82, 2.24) is 0 Å². The maximum Gasteiger partial charge on any atom is 0.127 e. The molecule has 5 heteroatoms. The number of rotatable bonds is 6. The average Bonchev–Trinajstić information content (AvgIpc) is 2.52. The molecule has 0 fully saturated rings. The average molecular weight is 292 g/mol. The molecular formula is C16H17FO4. The van der Waals surface area contributed by atoms with Gasteiger partial charge in [0.1, 0.15) is 30.0 Å². The second-order valence-electron chi connectivity index (χ2n) is 4.56. The summed E-state index contributed by atoms with van der Waals surface area (Å²) >= 11 is 0. The Balaban J connectivity index is 2.03. The summed E-state index contributed by atoms with van der Waals surface area (Å²) in [6, 6.07) is 11.0. The van der Waals surface area contributed by atoms with Gasteiger partial charge in [0.15, 0.2) is 0 Å². The van der Waals surface area contributed by atoms with E-state index in [0.29, 0.717) is 16.9 Å². The molecule has 2 N–H and O–H groups in total. The van der Waals surface area contributed by atoms with E-state index in [4.69, 9.17) is 14.6 Å². The van der Waals surface area contributed by atoms with Gasteiger partial charge in [0.2, 0.25) is 0 Å². The van der Waals surface area contributed by atoms with Crippen molar-refractivity contribution >= 4 is 0 Å². The number of hydrogen-bond donors (Lipinski definition) is 2. The van der Waals surface area contributed by atoms with Crippen LogP contribution in [0.3, 0.4) is 0 Å². The first kappa shape index (κ1) is 15.3. The summed E-state index contributed by atoms with van der Waals surface area (Å²) in [7, 11) is 1.55. The zero-order valence-electron chi connectivity index (χ0n) is 11.6. The molecular weight excluding hydrogens is 275 g/mol. The molecule has 1 atom stereocenters. The summed E-state index contributed by atoms with van der Waals surface area (Å²) in [5.74, 6) is 0.410. The lowest BCUT2D eigenvalue weighted by atomic mass is 10.1. The van der Waals surface area contributed by atoms with Gasteiger partial charge in [0.05, 0.1) is 13.7 Å². The van der Waals surface area contributed by atoms with Crippen LogP contribution >= 0.6 is 0 Å². The highest BCUT2D eigenvalue weighted by molar-refractivity contribution is 5.31. The normalized spacial score (nSPS) is 12.0. The number of methoxy groups -OCH3 is 1. The monoisotopic (exact) mass is 292 g/mol. The number of benzene rings is 2. The number of ether oxygens (including phenoxy) is 2. The van der Waals surface area contributed by atoms with Crippen LogP contribution < -0.4 is 9.47 Å². The van der Waals surface area contributed by atoms with Gasteiger partial charge in [0.25, 0.3) is 0 Å². The van der Waals surface area contributed by atoms with E-state index in [-0.39, 0.29) is 19.0 Å². The van der Waals surface area contributed by atoms with Gasteiger partial charge in [-0.1, -0.05) is 12.1 Å². The zero-order valence-corrected chi connectivity index (χ0v) is 11.6. The van der Waals surface area contributed by atoms with Crippen LogP contribution in [0.4, 0.5) is 4.39 Å². The second kappa shape index (κ2) is 7.06. The van der Waals surface area contributed by atoms with Crippen LogP contribution in [0.1, 0.15) is 17.2 Å². The van der Waals surface area contributed by atoms with Crippen LogP contribution in [0.25, 0.3) is 0 Å². The first-order valence-electron chi connectivity index (χ1n) is 6.47. The number of halogens is 1. The minimum Gasteiger partial charge on any atom is -0.497 e. The molecule has 1 unspecified atom stereocenters. The van der Waals surface area contributed by atoms with Crippen molar-refractivity contribution in [2.24, 2.45) is 0 Å². The Kier molecular flexibility index (Phi) is 5.14. The van der Waals surface area contributed by atoms with Crippen molar-refractivity contribution in [2.75, 3.05) is 13.7 Å². The van der Waals surface area contributed by atoms with Crippen LogP contribution in [0, 0.1) is 5.82 Å². The molecule has 112 valence electrons. The van der Waals surface area contributed by atoms with Gasteiger partial charge in [-0.05, 0) is 35.4 Å². The maximum atomic E-state index is 13.3. The summed E-state index contributed by atoms with van der Waals surface area (Å²) in [5, 5.41) is 19.1. The quantitative estimate of drug-likeness (QED) is 0.858. The van der Waals surface area contributed by atoms with Crippen molar-refractivity contribution in [3.05, 3.63) is 59.4 Å². The standard InChI is InChI=1S/C16H17FO4/c1-20-14-4-2-3-12(7-14)16(19)10-21-15-6-11(9-18)5-13(17)8-15/h2-8,16,18-19H,9-10H2,1H3. The number of aliphatic hydroxyl groups is 2. The Morgan fingerprint density at radius 3 is 2.67 bits per heavy atom. The van der Waals surface area contributed by atoms with Gasteiger partial charge in [-0.2, -0.15) is 0 Å². The predicted octanol–water partition coefficient (Wildman–Crippen LogP) is 2.44. The molecule has 0 aliphatic heterocycles. The lowest BCUT2D eigenvalue weighted by molar-refractivity contribution is 0.107. The maximum absolute atomic E-state index is 13.3. The Bertz CT molecular complexity index is 601. The second-order valence-corrected chi connectivity index (χ2v) is 4.56. The van der Waals surface area contributed by atoms with E-state index < -0.39 is 11.9 Å². The summed E-state index contributed by atoms with van der Waals surface area (Å²) < 4.78 is 23.8. The molecule has 0 spiro atoms. The third-order valence-corrected chi connectivity index (χ3v) is 3.00. The molecule has 0 aromatic heterocycles. The largest absolute Gasteiger partial charge is 0.497 e. The summed E-state index contributed by atoms with van der Waals surface area (Å²) in [4.78, 5) is 0. The van der Waals surface area contributed by atoms with Gasteiger partial charge >= 0.3 is 0 Å². The highest BCUT2D eigenvalue weighted by Crippen LogP contribution is 2.22. The molecule has 0 saturated carbocycles. The molecule has 0 aliphatic rings. The summed E-state index contributed by atoms with van der Waals surface area (Å²) in [5.41, 5.74) is 1.06. The molecule has 2 aromatic rings. The Hall–Kier alpha value is -2.11. The third-order valence-electron chi connectivity index (χ3n) is 3.00. The minimum absolute atomic E-state index is 0.0263. The van der Waals surface area contributed by atoms with Crippen LogP contribution in [0.15, 0.2) is 42.5 Å². The van der Waals surface area contributed by atoms with E-state index in [2.05, 4.69) is 0 Å². The first-order chi connectivity index (χ1) is 10.1. The number of hydrogen-bond acceptors (Lipinski definition) is 4. The highest BCUT2D eigenvalue weighted by Gasteiger charge is 2.10. The summed E-state index contributed by atoms with van der Waals surface area (Å²) in [6.07, 6.45) is -0.860. The fourth-order valence-corrected chi connectivity index (χ4v) is 1.92. The highest BCUT2D eigenvalue weighted by atomic mass is 19.1. The lowest BCUT2D eigenvalue weighted by Crippen LogP contribution is -2.10. The Morgan fingerprint density at radius 1 is 1.14 bits per heavy atom. The van der Waals surface area contributed by atoms with E-state index in [1.54, 1.807) is 31.4 Å². The smallest absolute Gasteiger partial charge is 0.127 e. The SMILES string of the molecule is COc1cccc(C(O)COc2cc(F)cc(CO)c2)c1. The van der Waals surface area contributed by atoms with Gasteiger partial charge in [-0.3, -0.25) is 0 Å². The van der Waals surface area contributed by atoms with Gasteiger partial charge in [-0.25, -0.2) is 4.39 Å². The fourth-order valence-electron chi connectivity index (χ4n) is 1.92. The zero-order chi connectivity index (χ0) is 15.2. The molecule has 4 nitrogen and oxygen atoms in total. The molecule has 0 heterocycles. The van der Waals surface area contributed by atoms with Gasteiger partial charge in [-0.15, -0.1) is 0 Å². The summed E-state index contributed by atoms with van der Waals surface area (Å²) in [6.45, 7) is -0.298. The van der Waals surface area contributed by atoms with Crippen LogP contribution in [0.2, 0.25) is 0 Å². The van der Waals surface area contributed by atoms with Crippen molar-refractivity contribution in [1.29, 1.82) is 0 Å². The van der Waals surface area contributed by atoms with Crippen LogP contribution in [-0.4, -0.2) is 23.9 Å². The van der Waals surface area contributed by atoms with Crippen LogP contribution in [-0.2, 0) is 6.61 Å². The van der Waals surface area contributed by atoms with E-state index in [1.807, 2.05) is 0 Å². The molecule has 2 aromatic carbocycles. The predicted molar refractivity (Wildman–Crippen MR) is 75.8 cm³/mol. The third kappa shape index (κ3) is 4.18. The van der Waals surface area contributed by atoms with Crippen LogP contribution in [0.5, 0.6) is 11.5 Å². The molecule has 0 saturated heterocycles. The lowest BCUT2D eigenvalue weighted by Gasteiger charge is -2.14. The molecule has 0 aliphatic carbocycles. The molecule has 0 radical (unpaired) electrons. The fraction of sp³-hybridized carbons (Fsp3) is 0.250.